The Labute approximate surface area is 173 Å². The molecule has 2 aromatic heterocycles. The second kappa shape index (κ2) is 8.87. The van der Waals surface area contributed by atoms with Gasteiger partial charge in [0.05, 0.1) is 16.4 Å². The van der Waals surface area contributed by atoms with Gasteiger partial charge < -0.3 is 4.74 Å². The summed E-state index contributed by atoms with van der Waals surface area (Å²) in [4.78, 5) is 21.4. The van der Waals surface area contributed by atoms with E-state index in [2.05, 4.69) is 9.97 Å². The fraction of sp³-hybridized carbons (Fsp3) is 0.211. The molecule has 0 saturated heterocycles. The molecule has 1 aromatic carbocycles. The van der Waals surface area contributed by atoms with E-state index in [-0.39, 0.29) is 16.3 Å². The van der Waals surface area contributed by atoms with Gasteiger partial charge in [-0.25, -0.2) is 4.98 Å². The van der Waals surface area contributed by atoms with Gasteiger partial charge in [0, 0.05) is 24.0 Å². The molecule has 0 spiro atoms. The Morgan fingerprint density at radius 3 is 2.52 bits per heavy atom. The molecule has 0 aliphatic carbocycles. The van der Waals surface area contributed by atoms with Gasteiger partial charge in [-0.2, -0.15) is 13.2 Å². The van der Waals surface area contributed by atoms with Crippen molar-refractivity contribution in [3.63, 3.8) is 0 Å². The van der Waals surface area contributed by atoms with E-state index in [1.165, 1.54) is 40.6 Å². The number of alkyl halides is 3. The highest BCUT2D eigenvalue weighted by atomic mass is 35.5. The summed E-state index contributed by atoms with van der Waals surface area (Å²) in [6.45, 7) is 0.465. The SMILES string of the molecule is CCSc1nc(-c2ccncc2)cc(=O)n1-c1ccc(OCC(F)(F)F)c(Cl)c1. The first-order chi connectivity index (χ1) is 13.8. The number of hydrogen-bond acceptors (Lipinski definition) is 5. The topological polar surface area (TPSA) is 57.0 Å². The molecule has 0 aliphatic heterocycles. The molecular weight excluding hydrogens is 427 g/mol. The first kappa shape index (κ1) is 21.2. The molecule has 0 atom stereocenters. The van der Waals surface area contributed by atoms with Crippen LogP contribution in [0.2, 0.25) is 5.02 Å². The molecule has 10 heteroatoms. The highest BCUT2D eigenvalue weighted by Crippen LogP contribution is 2.30. The number of ether oxygens (including phenoxy) is 1. The van der Waals surface area contributed by atoms with Crippen LogP contribution in [0.3, 0.4) is 0 Å². The van der Waals surface area contributed by atoms with Crippen LogP contribution >= 0.6 is 23.4 Å². The Morgan fingerprint density at radius 1 is 1.17 bits per heavy atom. The third kappa shape index (κ3) is 5.30. The van der Waals surface area contributed by atoms with Gasteiger partial charge in [-0.1, -0.05) is 30.3 Å². The molecule has 3 aromatic rings. The smallest absolute Gasteiger partial charge is 0.422 e. The number of nitrogens with zero attached hydrogens (tertiary/aromatic N) is 3. The minimum atomic E-state index is -4.48. The summed E-state index contributed by atoms with van der Waals surface area (Å²) in [5, 5.41) is 0.399. The lowest BCUT2D eigenvalue weighted by Gasteiger charge is -2.15. The van der Waals surface area contributed by atoms with Crippen molar-refractivity contribution in [3.05, 3.63) is 64.2 Å². The predicted molar refractivity (Wildman–Crippen MR) is 106 cm³/mol. The summed E-state index contributed by atoms with van der Waals surface area (Å²) >= 11 is 7.43. The first-order valence-corrected chi connectivity index (χ1v) is 9.81. The minimum absolute atomic E-state index is 0.0377. The fourth-order valence-corrected chi connectivity index (χ4v) is 3.48. The van der Waals surface area contributed by atoms with Gasteiger partial charge in [0.1, 0.15) is 5.75 Å². The molecule has 0 bridgehead atoms. The van der Waals surface area contributed by atoms with Gasteiger partial charge in [-0.15, -0.1) is 0 Å². The monoisotopic (exact) mass is 441 g/mol. The number of pyridine rings is 1. The summed E-state index contributed by atoms with van der Waals surface area (Å²) in [5.74, 6) is 0.541. The number of hydrogen-bond donors (Lipinski definition) is 0. The van der Waals surface area contributed by atoms with Crippen molar-refractivity contribution in [2.45, 2.75) is 18.3 Å². The van der Waals surface area contributed by atoms with Crippen LogP contribution in [0.4, 0.5) is 13.2 Å². The van der Waals surface area contributed by atoms with Crippen molar-refractivity contribution in [3.8, 4) is 22.7 Å². The van der Waals surface area contributed by atoms with Crippen molar-refractivity contribution in [1.29, 1.82) is 0 Å². The molecule has 0 aliphatic rings. The van der Waals surface area contributed by atoms with Crippen LogP contribution < -0.4 is 10.3 Å². The standard InChI is InChI=1S/C19H15ClF3N3O2S/c1-2-29-18-25-15(12-5-7-24-8-6-12)10-17(27)26(18)13-3-4-16(14(20)9-13)28-11-19(21,22)23/h3-10H,2,11H2,1H3. The van der Waals surface area contributed by atoms with E-state index in [1.54, 1.807) is 24.5 Å². The highest BCUT2D eigenvalue weighted by molar-refractivity contribution is 7.99. The van der Waals surface area contributed by atoms with E-state index >= 15 is 0 Å². The third-order valence-electron chi connectivity index (χ3n) is 3.70. The van der Waals surface area contributed by atoms with Gasteiger partial charge in [0.2, 0.25) is 0 Å². The summed E-state index contributed by atoms with van der Waals surface area (Å²) in [7, 11) is 0. The van der Waals surface area contributed by atoms with Crippen LogP contribution in [-0.4, -0.2) is 33.1 Å². The zero-order valence-corrected chi connectivity index (χ0v) is 16.7. The summed E-state index contributed by atoms with van der Waals surface area (Å²) in [6.07, 6.45) is -1.26. The average Bonchev–Trinajstić information content (AvgIpc) is 2.67. The van der Waals surface area contributed by atoms with Gasteiger partial charge in [0.25, 0.3) is 5.56 Å². The lowest BCUT2D eigenvalue weighted by molar-refractivity contribution is -0.153. The van der Waals surface area contributed by atoms with Crippen molar-refractivity contribution in [2.75, 3.05) is 12.4 Å². The maximum Gasteiger partial charge on any atom is 0.422 e. The molecule has 3 rings (SSSR count). The second-order valence-corrected chi connectivity index (χ2v) is 7.42. The largest absolute Gasteiger partial charge is 0.483 e. The summed E-state index contributed by atoms with van der Waals surface area (Å²) in [6, 6.07) is 9.02. The molecule has 29 heavy (non-hydrogen) atoms. The van der Waals surface area contributed by atoms with Crippen LogP contribution in [-0.2, 0) is 0 Å². The number of rotatable bonds is 6. The zero-order valence-electron chi connectivity index (χ0n) is 15.1. The lowest BCUT2D eigenvalue weighted by Crippen LogP contribution is -2.21. The number of aromatic nitrogens is 3. The van der Waals surface area contributed by atoms with Crippen molar-refractivity contribution < 1.29 is 17.9 Å². The third-order valence-corrected chi connectivity index (χ3v) is 4.82. The zero-order chi connectivity index (χ0) is 21.0. The number of thioether (sulfide) groups is 1. The second-order valence-electron chi connectivity index (χ2n) is 5.79. The molecule has 0 unspecified atom stereocenters. The molecule has 152 valence electrons. The van der Waals surface area contributed by atoms with Gasteiger partial charge in [0.15, 0.2) is 11.8 Å². The Morgan fingerprint density at radius 2 is 1.90 bits per heavy atom. The Balaban J connectivity index is 2.01. The molecule has 2 heterocycles. The van der Waals surface area contributed by atoms with E-state index in [0.717, 1.165) is 5.56 Å². The Hall–Kier alpha value is -2.52. The Bertz CT molecular complexity index is 1060. The quantitative estimate of drug-likeness (QED) is 0.398. The molecule has 5 nitrogen and oxygen atoms in total. The molecule has 0 amide bonds. The summed E-state index contributed by atoms with van der Waals surface area (Å²) < 4.78 is 43.1. The van der Waals surface area contributed by atoms with Crippen LogP contribution in [0, 0.1) is 0 Å². The number of halogens is 4. The Kier molecular flexibility index (Phi) is 6.49. The van der Waals surface area contributed by atoms with Crippen molar-refractivity contribution in [1.82, 2.24) is 14.5 Å². The molecule has 0 fully saturated rings. The average molecular weight is 442 g/mol. The van der Waals surface area contributed by atoms with Crippen molar-refractivity contribution in [2.24, 2.45) is 0 Å². The van der Waals surface area contributed by atoms with Crippen LogP contribution in [0.5, 0.6) is 5.75 Å². The molecule has 0 saturated carbocycles. The van der Waals surface area contributed by atoms with E-state index < -0.39 is 12.8 Å². The maximum absolute atomic E-state index is 12.8. The first-order valence-electron chi connectivity index (χ1n) is 8.45. The van der Waals surface area contributed by atoms with Crippen molar-refractivity contribution >= 4 is 23.4 Å². The summed E-state index contributed by atoms with van der Waals surface area (Å²) in [5.41, 5.74) is 1.28. The van der Waals surface area contributed by atoms with Gasteiger partial charge in [-0.3, -0.25) is 14.3 Å². The molecular formula is C19H15ClF3N3O2S. The number of benzene rings is 1. The van der Waals surface area contributed by atoms with Gasteiger partial charge in [-0.05, 0) is 36.1 Å². The maximum atomic E-state index is 12.8. The highest BCUT2D eigenvalue weighted by Gasteiger charge is 2.28. The van der Waals surface area contributed by atoms with Crippen LogP contribution in [0.1, 0.15) is 6.92 Å². The van der Waals surface area contributed by atoms with E-state index in [9.17, 15) is 18.0 Å². The van der Waals surface area contributed by atoms with Crippen LogP contribution in [0.15, 0.2) is 58.7 Å². The molecule has 0 radical (unpaired) electrons. The minimum Gasteiger partial charge on any atom is -0.483 e. The predicted octanol–water partition coefficient (Wildman–Crippen LogP) is 5.00. The molecule has 0 N–H and O–H groups in total. The normalized spacial score (nSPS) is 11.5. The van der Waals surface area contributed by atoms with Crippen LogP contribution in [0.25, 0.3) is 16.9 Å². The fourth-order valence-electron chi connectivity index (χ4n) is 2.50. The lowest BCUT2D eigenvalue weighted by atomic mass is 10.2. The van der Waals surface area contributed by atoms with E-state index in [1.807, 2.05) is 6.92 Å². The van der Waals surface area contributed by atoms with E-state index in [4.69, 9.17) is 16.3 Å². The van der Waals surface area contributed by atoms with E-state index in [0.29, 0.717) is 22.3 Å². The van der Waals surface area contributed by atoms with Gasteiger partial charge >= 0.3 is 6.18 Å².